The normalized spacial score (nSPS) is 13.0. The molecule has 0 radical (unpaired) electrons. The van der Waals surface area contributed by atoms with E-state index in [0.717, 1.165) is 16.9 Å². The average Bonchev–Trinajstić information content (AvgIpc) is 2.62. The summed E-state index contributed by atoms with van der Waals surface area (Å²) in [5.74, 6) is 1.31. The zero-order valence-electron chi connectivity index (χ0n) is 15.2. The zero-order chi connectivity index (χ0) is 18.6. The van der Waals surface area contributed by atoms with Gasteiger partial charge in [-0.3, -0.25) is 4.79 Å². The SMILES string of the molecule is COc1ccccc1[C@H](C)N(C)C(=O)[C@@H](C)Oc1ccc(Cl)cc1C. The van der Waals surface area contributed by atoms with Crippen molar-refractivity contribution in [2.75, 3.05) is 14.2 Å². The van der Waals surface area contributed by atoms with E-state index >= 15 is 0 Å². The minimum Gasteiger partial charge on any atom is -0.496 e. The molecule has 5 heteroatoms. The first kappa shape index (κ1) is 19.1. The highest BCUT2D eigenvalue weighted by atomic mass is 35.5. The Bertz CT molecular complexity index is 747. The molecule has 0 N–H and O–H groups in total. The molecule has 2 atom stereocenters. The number of carbonyl (C=O) groups is 1. The number of benzene rings is 2. The molecule has 0 saturated carbocycles. The molecule has 0 aliphatic carbocycles. The Balaban J connectivity index is 2.12. The van der Waals surface area contributed by atoms with Crippen LogP contribution in [0.15, 0.2) is 42.5 Å². The summed E-state index contributed by atoms with van der Waals surface area (Å²) in [5.41, 5.74) is 1.85. The monoisotopic (exact) mass is 361 g/mol. The van der Waals surface area contributed by atoms with Crippen molar-refractivity contribution in [3.63, 3.8) is 0 Å². The van der Waals surface area contributed by atoms with Crippen LogP contribution in [-0.4, -0.2) is 31.1 Å². The van der Waals surface area contributed by atoms with E-state index in [4.69, 9.17) is 21.1 Å². The van der Waals surface area contributed by atoms with Crippen LogP contribution < -0.4 is 9.47 Å². The number of nitrogens with zero attached hydrogens (tertiary/aromatic N) is 1. The van der Waals surface area contributed by atoms with Crippen LogP contribution in [0.4, 0.5) is 0 Å². The van der Waals surface area contributed by atoms with Crippen LogP contribution >= 0.6 is 11.6 Å². The van der Waals surface area contributed by atoms with Crippen molar-refractivity contribution in [1.29, 1.82) is 0 Å². The molecule has 0 unspecified atom stereocenters. The minimum absolute atomic E-state index is 0.104. The molecule has 0 fully saturated rings. The number of methoxy groups -OCH3 is 1. The van der Waals surface area contributed by atoms with E-state index in [9.17, 15) is 4.79 Å². The van der Waals surface area contributed by atoms with Gasteiger partial charge in [0.1, 0.15) is 11.5 Å². The summed E-state index contributed by atoms with van der Waals surface area (Å²) in [7, 11) is 3.40. The molecule has 134 valence electrons. The first-order valence-corrected chi connectivity index (χ1v) is 8.55. The number of para-hydroxylation sites is 1. The van der Waals surface area contributed by atoms with Crippen molar-refractivity contribution in [3.05, 3.63) is 58.6 Å². The smallest absolute Gasteiger partial charge is 0.263 e. The number of ether oxygens (including phenoxy) is 2. The van der Waals surface area contributed by atoms with Crippen LogP contribution in [0, 0.1) is 6.92 Å². The van der Waals surface area contributed by atoms with E-state index in [1.54, 1.807) is 38.1 Å². The second-order valence-corrected chi connectivity index (χ2v) is 6.47. The Kier molecular flexibility index (Phi) is 6.32. The summed E-state index contributed by atoms with van der Waals surface area (Å²) >= 11 is 5.96. The van der Waals surface area contributed by atoms with Crippen LogP contribution in [0.25, 0.3) is 0 Å². The highest BCUT2D eigenvalue weighted by molar-refractivity contribution is 6.30. The second-order valence-electron chi connectivity index (χ2n) is 6.04. The third-order valence-electron chi connectivity index (χ3n) is 4.31. The number of hydrogen-bond acceptors (Lipinski definition) is 3. The fourth-order valence-corrected chi connectivity index (χ4v) is 2.91. The third-order valence-corrected chi connectivity index (χ3v) is 4.54. The Morgan fingerprint density at radius 2 is 1.80 bits per heavy atom. The maximum atomic E-state index is 12.8. The lowest BCUT2D eigenvalue weighted by molar-refractivity contribution is -0.138. The van der Waals surface area contributed by atoms with Crippen LogP contribution in [0.3, 0.4) is 0 Å². The van der Waals surface area contributed by atoms with Crippen molar-refractivity contribution in [2.45, 2.75) is 32.9 Å². The fourth-order valence-electron chi connectivity index (χ4n) is 2.68. The van der Waals surface area contributed by atoms with Gasteiger partial charge in [0.05, 0.1) is 13.2 Å². The topological polar surface area (TPSA) is 38.8 Å². The van der Waals surface area contributed by atoms with Gasteiger partial charge in [-0.1, -0.05) is 29.8 Å². The molecule has 0 aliphatic rings. The number of hydrogen-bond donors (Lipinski definition) is 0. The predicted octanol–water partition coefficient (Wildman–Crippen LogP) is 4.64. The second kappa shape index (κ2) is 8.26. The molecule has 2 aromatic carbocycles. The number of likely N-dealkylation sites (N-methyl/N-ethyl adjacent to an activating group) is 1. The summed E-state index contributed by atoms with van der Waals surface area (Å²) in [6, 6.07) is 12.9. The van der Waals surface area contributed by atoms with Crippen molar-refractivity contribution in [2.24, 2.45) is 0 Å². The highest BCUT2D eigenvalue weighted by Gasteiger charge is 2.25. The molecule has 0 bridgehead atoms. The Labute approximate surface area is 154 Å². The van der Waals surface area contributed by atoms with Gasteiger partial charge in [-0.25, -0.2) is 0 Å². The predicted molar refractivity (Wildman–Crippen MR) is 100 cm³/mol. The fraction of sp³-hybridized carbons (Fsp3) is 0.350. The van der Waals surface area contributed by atoms with Gasteiger partial charge < -0.3 is 14.4 Å². The average molecular weight is 362 g/mol. The maximum Gasteiger partial charge on any atom is 0.263 e. The summed E-state index contributed by atoms with van der Waals surface area (Å²) in [6.07, 6.45) is -0.609. The van der Waals surface area contributed by atoms with Gasteiger partial charge in [-0.2, -0.15) is 0 Å². The van der Waals surface area contributed by atoms with Crippen molar-refractivity contribution >= 4 is 17.5 Å². The lowest BCUT2D eigenvalue weighted by atomic mass is 10.1. The first-order chi connectivity index (χ1) is 11.8. The molecule has 2 aromatic rings. The van der Waals surface area contributed by atoms with E-state index in [2.05, 4.69) is 0 Å². The van der Waals surface area contributed by atoms with Gasteiger partial charge >= 0.3 is 0 Å². The summed E-state index contributed by atoms with van der Waals surface area (Å²) in [5, 5.41) is 0.644. The molecular formula is C20H24ClNO3. The van der Waals surface area contributed by atoms with Gasteiger partial charge in [0.2, 0.25) is 0 Å². The van der Waals surface area contributed by atoms with Gasteiger partial charge in [0, 0.05) is 17.6 Å². The quantitative estimate of drug-likeness (QED) is 0.752. The third kappa shape index (κ3) is 4.45. The minimum atomic E-state index is -0.609. The molecule has 0 spiro atoms. The molecule has 0 aromatic heterocycles. The lowest BCUT2D eigenvalue weighted by Gasteiger charge is -2.29. The lowest BCUT2D eigenvalue weighted by Crippen LogP contribution is -2.39. The van der Waals surface area contributed by atoms with E-state index < -0.39 is 6.10 Å². The zero-order valence-corrected chi connectivity index (χ0v) is 16.0. The molecule has 1 amide bonds. The van der Waals surface area contributed by atoms with Gasteiger partial charge in [-0.05, 0) is 50.6 Å². The highest BCUT2D eigenvalue weighted by Crippen LogP contribution is 2.29. The number of halogens is 1. The van der Waals surface area contributed by atoms with Gasteiger partial charge in [0.15, 0.2) is 6.10 Å². The van der Waals surface area contributed by atoms with E-state index in [0.29, 0.717) is 10.8 Å². The molecule has 0 saturated heterocycles. The number of rotatable bonds is 6. The standard InChI is InChI=1S/C20H24ClNO3/c1-13-12-16(21)10-11-18(13)25-15(3)20(23)22(4)14(2)17-8-6-7-9-19(17)24-5/h6-12,14-15H,1-5H3/t14-,15+/m0/s1. The van der Waals surface area contributed by atoms with E-state index in [-0.39, 0.29) is 11.9 Å². The van der Waals surface area contributed by atoms with Crippen LogP contribution in [0.1, 0.15) is 31.0 Å². The first-order valence-electron chi connectivity index (χ1n) is 8.17. The van der Waals surface area contributed by atoms with Crippen molar-refractivity contribution < 1.29 is 14.3 Å². The molecular weight excluding hydrogens is 338 g/mol. The van der Waals surface area contributed by atoms with Crippen molar-refractivity contribution in [3.8, 4) is 11.5 Å². The van der Waals surface area contributed by atoms with Gasteiger partial charge in [0.25, 0.3) is 5.91 Å². The van der Waals surface area contributed by atoms with Crippen LogP contribution in [-0.2, 0) is 4.79 Å². The Morgan fingerprint density at radius 3 is 2.44 bits per heavy atom. The van der Waals surface area contributed by atoms with E-state index in [1.807, 2.05) is 44.2 Å². The number of aryl methyl sites for hydroxylation is 1. The Hall–Kier alpha value is -2.20. The van der Waals surface area contributed by atoms with Gasteiger partial charge in [-0.15, -0.1) is 0 Å². The molecule has 0 heterocycles. The number of amides is 1. The van der Waals surface area contributed by atoms with E-state index in [1.165, 1.54) is 0 Å². The molecule has 2 rings (SSSR count). The van der Waals surface area contributed by atoms with Crippen molar-refractivity contribution in [1.82, 2.24) is 4.90 Å². The summed E-state index contributed by atoms with van der Waals surface area (Å²) < 4.78 is 11.2. The largest absolute Gasteiger partial charge is 0.496 e. The molecule has 0 aliphatic heterocycles. The summed E-state index contributed by atoms with van der Waals surface area (Å²) in [6.45, 7) is 5.62. The summed E-state index contributed by atoms with van der Waals surface area (Å²) in [4.78, 5) is 14.4. The van der Waals surface area contributed by atoms with Crippen LogP contribution in [0.5, 0.6) is 11.5 Å². The maximum absolute atomic E-state index is 12.8. The molecule has 4 nitrogen and oxygen atoms in total. The molecule has 25 heavy (non-hydrogen) atoms. The van der Waals surface area contributed by atoms with Crippen LogP contribution in [0.2, 0.25) is 5.02 Å². The Morgan fingerprint density at radius 1 is 1.12 bits per heavy atom. The number of carbonyl (C=O) groups excluding carboxylic acids is 1.